The van der Waals surface area contributed by atoms with Crippen molar-refractivity contribution in [3.8, 4) is 0 Å². The smallest absolute Gasteiger partial charge is 0.306 e. The first-order chi connectivity index (χ1) is 41.0. The summed E-state index contributed by atoms with van der Waals surface area (Å²) in [6, 6.07) is 0. The zero-order valence-electron chi connectivity index (χ0n) is 53.4. The molecule has 6 heteroatoms. The second-order valence-electron chi connectivity index (χ2n) is 21.6. The van der Waals surface area contributed by atoms with E-state index in [1.165, 1.54) is 89.9 Å². The van der Waals surface area contributed by atoms with E-state index >= 15 is 0 Å². The quantitative estimate of drug-likeness (QED) is 0.0261. The van der Waals surface area contributed by atoms with E-state index in [0.29, 0.717) is 19.3 Å². The maximum atomic E-state index is 12.9. The lowest BCUT2D eigenvalue weighted by Crippen LogP contribution is -2.30. The molecular formula is C77H122O6. The van der Waals surface area contributed by atoms with Crippen LogP contribution in [0.2, 0.25) is 0 Å². The Labute approximate surface area is 511 Å². The van der Waals surface area contributed by atoms with Crippen LogP contribution in [-0.2, 0) is 28.6 Å². The van der Waals surface area contributed by atoms with E-state index in [9.17, 15) is 14.4 Å². The zero-order chi connectivity index (χ0) is 59.9. The van der Waals surface area contributed by atoms with Crippen molar-refractivity contribution in [3.05, 3.63) is 170 Å². The SMILES string of the molecule is CC/C=C\C/C=C\C/C=C\C/C=C\C/C=C\C/C=C\C/C=C\CCCC(=O)OC(COC(=O)CCCCCCCCC/C=C\C/C=C\CCCCC)COC(=O)CCCCCCCCCCC/C=C\C/C=C\C/C=C\C/C=C\C/C=C\CC. The highest BCUT2D eigenvalue weighted by Gasteiger charge is 2.19. The molecule has 0 aromatic carbocycles. The van der Waals surface area contributed by atoms with Crippen LogP contribution in [0.4, 0.5) is 0 Å². The molecule has 0 rings (SSSR count). The first-order valence-electron chi connectivity index (χ1n) is 33.6. The van der Waals surface area contributed by atoms with Crippen LogP contribution in [0.25, 0.3) is 0 Å². The molecule has 0 aliphatic rings. The van der Waals surface area contributed by atoms with Gasteiger partial charge in [0.05, 0.1) is 0 Å². The molecule has 0 radical (unpaired) electrons. The summed E-state index contributed by atoms with van der Waals surface area (Å²) in [4.78, 5) is 38.4. The second kappa shape index (κ2) is 69.3. The minimum Gasteiger partial charge on any atom is -0.462 e. The summed E-state index contributed by atoms with van der Waals surface area (Å²) in [5, 5.41) is 0. The first-order valence-corrected chi connectivity index (χ1v) is 33.6. The summed E-state index contributed by atoms with van der Waals surface area (Å²) >= 11 is 0. The van der Waals surface area contributed by atoms with Gasteiger partial charge in [0, 0.05) is 19.3 Å². The largest absolute Gasteiger partial charge is 0.462 e. The van der Waals surface area contributed by atoms with E-state index in [-0.39, 0.29) is 37.5 Å². The number of carbonyl (C=O) groups excluding carboxylic acids is 3. The van der Waals surface area contributed by atoms with E-state index in [1.54, 1.807) is 0 Å². The van der Waals surface area contributed by atoms with Crippen molar-refractivity contribution in [1.82, 2.24) is 0 Å². The lowest BCUT2D eigenvalue weighted by atomic mass is 10.1. The van der Waals surface area contributed by atoms with Gasteiger partial charge in [-0.2, -0.15) is 0 Å². The number of hydrogen-bond donors (Lipinski definition) is 0. The average molecular weight is 1140 g/mol. The van der Waals surface area contributed by atoms with Gasteiger partial charge in [-0.1, -0.05) is 281 Å². The Bertz CT molecular complexity index is 1890. The van der Waals surface area contributed by atoms with Gasteiger partial charge in [0.25, 0.3) is 0 Å². The Morgan fingerprint density at radius 3 is 0.771 bits per heavy atom. The van der Waals surface area contributed by atoms with Gasteiger partial charge >= 0.3 is 17.9 Å². The Kier molecular flexibility index (Phi) is 64.9. The van der Waals surface area contributed by atoms with E-state index in [2.05, 4.69) is 191 Å². The molecule has 0 spiro atoms. The molecule has 1 unspecified atom stereocenters. The molecule has 0 aliphatic heterocycles. The molecule has 0 saturated heterocycles. The van der Waals surface area contributed by atoms with Gasteiger partial charge in [-0.05, 0) is 148 Å². The average Bonchev–Trinajstić information content (AvgIpc) is 3.49. The maximum absolute atomic E-state index is 12.9. The highest BCUT2D eigenvalue weighted by atomic mass is 16.6. The molecule has 0 saturated carbocycles. The number of carbonyl (C=O) groups is 3. The predicted molar refractivity (Wildman–Crippen MR) is 361 cm³/mol. The molecule has 0 N–H and O–H groups in total. The van der Waals surface area contributed by atoms with Crippen LogP contribution in [-0.4, -0.2) is 37.2 Å². The molecular weight excluding hydrogens is 1020 g/mol. The van der Waals surface area contributed by atoms with E-state index in [4.69, 9.17) is 14.2 Å². The topological polar surface area (TPSA) is 78.9 Å². The van der Waals surface area contributed by atoms with Crippen LogP contribution in [0, 0.1) is 0 Å². The lowest BCUT2D eigenvalue weighted by Gasteiger charge is -2.18. The summed E-state index contributed by atoms with van der Waals surface area (Å²) in [7, 11) is 0. The van der Waals surface area contributed by atoms with Gasteiger partial charge in [0.2, 0.25) is 0 Å². The molecule has 0 amide bonds. The van der Waals surface area contributed by atoms with Crippen LogP contribution < -0.4 is 0 Å². The number of rotatable bonds is 59. The van der Waals surface area contributed by atoms with Crippen molar-refractivity contribution < 1.29 is 28.6 Å². The van der Waals surface area contributed by atoms with Crippen molar-refractivity contribution in [2.75, 3.05) is 13.2 Å². The van der Waals surface area contributed by atoms with Gasteiger partial charge < -0.3 is 14.2 Å². The fraction of sp³-hybridized carbons (Fsp3) is 0.597. The van der Waals surface area contributed by atoms with Gasteiger partial charge in [-0.15, -0.1) is 0 Å². The molecule has 0 aliphatic carbocycles. The minimum atomic E-state index is -0.826. The summed E-state index contributed by atoms with van der Waals surface area (Å²) in [6.07, 6.45) is 102. The van der Waals surface area contributed by atoms with Crippen LogP contribution in [0.5, 0.6) is 0 Å². The van der Waals surface area contributed by atoms with Crippen molar-refractivity contribution in [1.29, 1.82) is 0 Å². The third kappa shape index (κ3) is 67.4. The predicted octanol–water partition coefficient (Wildman–Crippen LogP) is 23.4. The maximum Gasteiger partial charge on any atom is 0.306 e. The summed E-state index contributed by atoms with van der Waals surface area (Å²) in [5.74, 6) is -0.989. The molecule has 83 heavy (non-hydrogen) atoms. The highest BCUT2D eigenvalue weighted by Crippen LogP contribution is 2.15. The Balaban J connectivity index is 4.52. The normalized spacial score (nSPS) is 13.2. The second-order valence-corrected chi connectivity index (χ2v) is 21.6. The lowest BCUT2D eigenvalue weighted by molar-refractivity contribution is -0.167. The summed E-state index contributed by atoms with van der Waals surface area (Å²) in [5.41, 5.74) is 0. The Hall–Kier alpha value is -5.23. The van der Waals surface area contributed by atoms with Crippen molar-refractivity contribution >= 4 is 17.9 Å². The molecule has 1 atom stereocenters. The standard InChI is InChI=1S/C77H122O6/c1-4-7-10-13-16-19-22-25-28-31-33-35-37-38-40-41-43-46-49-52-55-58-61-64-67-70-76(79)82-73-74(72-81-75(78)69-66-63-60-57-54-51-48-45-30-27-24-21-18-15-12-9-6-3)83-77(80)71-68-65-62-59-56-53-50-47-44-42-39-36-34-32-29-26-23-20-17-14-11-8-5-2/h7-8,10-11,16-21,25-30,33-36,38,40,42,44,50,53,59,62,74H,4-6,9,12-15,22-24,31-32,37,39,41,43,45-49,51-52,54-58,60-61,63-73H2,1-3H3/b10-7-,11-8-,19-16-,20-17-,21-18-,28-25-,29-26-,30-27-,35-33-,36-34-,40-38-,44-42-,53-50-,62-59-. The van der Waals surface area contributed by atoms with Crippen LogP contribution >= 0.6 is 0 Å². The minimum absolute atomic E-state index is 0.114. The third-order valence-electron chi connectivity index (χ3n) is 13.7. The molecule has 0 heterocycles. The molecule has 466 valence electrons. The number of ether oxygens (including phenoxy) is 3. The Morgan fingerprint density at radius 1 is 0.253 bits per heavy atom. The Morgan fingerprint density at radius 2 is 0.482 bits per heavy atom. The van der Waals surface area contributed by atoms with Crippen LogP contribution in [0.3, 0.4) is 0 Å². The number of allylic oxidation sites excluding steroid dienone is 28. The van der Waals surface area contributed by atoms with Crippen LogP contribution in [0.1, 0.15) is 278 Å². The molecule has 6 nitrogen and oxygen atoms in total. The number of unbranched alkanes of at least 4 members (excludes halogenated alkanes) is 20. The monoisotopic (exact) mass is 1140 g/mol. The van der Waals surface area contributed by atoms with Gasteiger partial charge in [-0.25, -0.2) is 0 Å². The fourth-order valence-electron chi connectivity index (χ4n) is 8.72. The summed E-state index contributed by atoms with van der Waals surface area (Å²) in [6.45, 7) is 6.33. The van der Waals surface area contributed by atoms with Crippen molar-refractivity contribution in [2.45, 2.75) is 284 Å². The highest BCUT2D eigenvalue weighted by molar-refractivity contribution is 5.71. The fourth-order valence-corrected chi connectivity index (χ4v) is 8.72. The van der Waals surface area contributed by atoms with Crippen LogP contribution in [0.15, 0.2) is 170 Å². The first kappa shape index (κ1) is 77.8. The van der Waals surface area contributed by atoms with Gasteiger partial charge in [-0.3, -0.25) is 14.4 Å². The molecule has 0 fully saturated rings. The van der Waals surface area contributed by atoms with E-state index in [1.807, 2.05) is 0 Å². The number of hydrogen-bond acceptors (Lipinski definition) is 6. The van der Waals surface area contributed by atoms with Gasteiger partial charge in [0.15, 0.2) is 6.10 Å². The molecule has 0 bridgehead atoms. The van der Waals surface area contributed by atoms with Crippen molar-refractivity contribution in [3.63, 3.8) is 0 Å². The zero-order valence-corrected chi connectivity index (χ0v) is 53.4. The molecule has 0 aromatic heterocycles. The summed E-state index contributed by atoms with van der Waals surface area (Å²) < 4.78 is 16.9. The molecule has 0 aromatic rings. The number of esters is 3. The van der Waals surface area contributed by atoms with Crippen molar-refractivity contribution in [2.24, 2.45) is 0 Å². The van der Waals surface area contributed by atoms with Gasteiger partial charge in [0.1, 0.15) is 13.2 Å². The van der Waals surface area contributed by atoms with E-state index < -0.39 is 6.10 Å². The van der Waals surface area contributed by atoms with E-state index in [0.717, 1.165) is 141 Å². The third-order valence-corrected chi connectivity index (χ3v) is 13.7.